The first-order chi connectivity index (χ1) is 8.93. The topological polar surface area (TPSA) is 62.5 Å². The van der Waals surface area contributed by atoms with E-state index in [-0.39, 0.29) is 36.8 Å². The van der Waals surface area contributed by atoms with Crippen LogP contribution in [0.25, 0.3) is 9.53 Å². The zero-order valence-electron chi connectivity index (χ0n) is 12.3. The lowest BCUT2D eigenvalue weighted by Gasteiger charge is -2.22. The molecular weight excluding hydrogens is 351 g/mol. The second-order valence-electron chi connectivity index (χ2n) is 4.67. The van der Waals surface area contributed by atoms with Gasteiger partial charge in [0.2, 0.25) is 0 Å². The first kappa shape index (κ1) is 20.4. The fourth-order valence-electron chi connectivity index (χ4n) is 1.55. The van der Waals surface area contributed by atoms with Crippen molar-refractivity contribution in [3.63, 3.8) is 0 Å². The molecule has 2 N–H and O–H groups in total. The predicted molar refractivity (Wildman–Crippen MR) is 96.9 cm³/mol. The molecule has 0 saturated carbocycles. The number of nitrogens with zero attached hydrogens (tertiary/aromatic N) is 3. The largest absolute Gasteiger partial charge is 0.354 e. The summed E-state index contributed by atoms with van der Waals surface area (Å²) in [5.41, 5.74) is 5.59. The van der Waals surface area contributed by atoms with Gasteiger partial charge in [0.15, 0.2) is 5.13 Å². The molecule has 21 heavy (non-hydrogen) atoms. The van der Waals surface area contributed by atoms with Crippen molar-refractivity contribution in [1.29, 1.82) is 0 Å². The molecular formula is C12H20Cl2N4OS2. The van der Waals surface area contributed by atoms with E-state index in [0.29, 0.717) is 6.54 Å². The molecule has 0 spiro atoms. The third-order valence-electron chi connectivity index (χ3n) is 2.99. The van der Waals surface area contributed by atoms with Gasteiger partial charge >= 0.3 is 0 Å². The minimum atomic E-state index is 0. The summed E-state index contributed by atoms with van der Waals surface area (Å²) in [7, 11) is 5.71. The second kappa shape index (κ2) is 8.14. The van der Waals surface area contributed by atoms with Crippen molar-refractivity contribution < 1.29 is 4.79 Å². The fourth-order valence-corrected chi connectivity index (χ4v) is 3.67. The van der Waals surface area contributed by atoms with Crippen LogP contribution in [0, 0.1) is 0 Å². The van der Waals surface area contributed by atoms with Gasteiger partial charge in [-0.25, -0.2) is 4.98 Å². The van der Waals surface area contributed by atoms with E-state index in [9.17, 15) is 4.79 Å². The molecule has 0 saturated heterocycles. The summed E-state index contributed by atoms with van der Waals surface area (Å²) in [5, 5.41) is 0.962. The number of nitrogens with two attached hydrogens (primary N) is 1. The van der Waals surface area contributed by atoms with Gasteiger partial charge in [-0.2, -0.15) is 0 Å². The van der Waals surface area contributed by atoms with Gasteiger partial charge in [-0.1, -0.05) is 11.3 Å². The number of hydrogen-bond donors (Lipinski definition) is 1. The Morgan fingerprint density at radius 1 is 1.33 bits per heavy atom. The summed E-state index contributed by atoms with van der Waals surface area (Å²) < 4.78 is 1.06. The molecule has 0 aliphatic rings. The standard InChI is InChI=1S/C12H18N4OS2.2ClH/c1-7(6-13)16(4)11(17)9-5-8-10(18-9)14-12(19-8)15(2)3;;/h5,7H,6,13H2,1-4H3;2*1H. The van der Waals surface area contributed by atoms with E-state index in [2.05, 4.69) is 4.98 Å². The van der Waals surface area contributed by atoms with Gasteiger partial charge < -0.3 is 15.5 Å². The number of carbonyl (C=O) groups excluding carboxylic acids is 1. The molecule has 0 aliphatic carbocycles. The Hall–Kier alpha value is -0.600. The highest BCUT2D eigenvalue weighted by molar-refractivity contribution is 7.29. The molecule has 2 aromatic heterocycles. The highest BCUT2D eigenvalue weighted by atomic mass is 35.5. The lowest BCUT2D eigenvalue weighted by Crippen LogP contribution is -2.39. The maximum atomic E-state index is 12.3. The molecule has 2 heterocycles. The van der Waals surface area contributed by atoms with E-state index < -0.39 is 0 Å². The maximum absolute atomic E-state index is 12.3. The van der Waals surface area contributed by atoms with E-state index in [1.165, 1.54) is 11.3 Å². The highest BCUT2D eigenvalue weighted by Gasteiger charge is 2.20. The summed E-state index contributed by atoms with van der Waals surface area (Å²) in [6.45, 7) is 2.40. The van der Waals surface area contributed by atoms with Crippen LogP contribution in [-0.2, 0) is 0 Å². The fraction of sp³-hybridized carbons (Fsp3) is 0.500. The van der Waals surface area contributed by atoms with Crippen molar-refractivity contribution in [1.82, 2.24) is 9.88 Å². The van der Waals surface area contributed by atoms with Crippen molar-refractivity contribution >= 4 is 68.1 Å². The van der Waals surface area contributed by atoms with Crippen molar-refractivity contribution in [2.45, 2.75) is 13.0 Å². The minimum Gasteiger partial charge on any atom is -0.354 e. The zero-order valence-corrected chi connectivity index (χ0v) is 15.6. The first-order valence-electron chi connectivity index (χ1n) is 5.99. The number of carbonyl (C=O) groups is 1. The molecule has 120 valence electrons. The summed E-state index contributed by atoms with van der Waals surface area (Å²) in [4.78, 5) is 22.1. The van der Waals surface area contributed by atoms with Crippen LogP contribution in [0.3, 0.4) is 0 Å². The molecule has 9 heteroatoms. The van der Waals surface area contributed by atoms with Crippen LogP contribution in [-0.4, -0.2) is 49.5 Å². The molecule has 1 amide bonds. The van der Waals surface area contributed by atoms with Crippen molar-refractivity contribution in [3.8, 4) is 0 Å². The Morgan fingerprint density at radius 2 is 1.95 bits per heavy atom. The molecule has 2 rings (SSSR count). The van der Waals surface area contributed by atoms with E-state index >= 15 is 0 Å². The molecule has 1 unspecified atom stereocenters. The lowest BCUT2D eigenvalue weighted by atomic mass is 10.3. The molecule has 0 aliphatic heterocycles. The number of amides is 1. The Balaban J connectivity index is 0.00000200. The Morgan fingerprint density at radius 3 is 2.43 bits per heavy atom. The Bertz CT molecular complexity index is 568. The van der Waals surface area contributed by atoms with Crippen LogP contribution in [0.1, 0.15) is 16.6 Å². The van der Waals surface area contributed by atoms with E-state index in [0.717, 1.165) is 19.5 Å². The summed E-state index contributed by atoms with van der Waals surface area (Å²) in [6.07, 6.45) is 0. The van der Waals surface area contributed by atoms with E-state index in [1.54, 1.807) is 23.3 Å². The van der Waals surface area contributed by atoms with Gasteiger partial charge in [0.25, 0.3) is 5.91 Å². The molecule has 2 aromatic rings. The second-order valence-corrected chi connectivity index (χ2v) is 6.71. The third kappa shape index (κ3) is 4.20. The Kier molecular flexibility index (Phi) is 7.91. The van der Waals surface area contributed by atoms with Gasteiger partial charge in [0, 0.05) is 33.7 Å². The van der Waals surface area contributed by atoms with Gasteiger partial charge in [0.1, 0.15) is 4.83 Å². The number of hydrogen-bond acceptors (Lipinski definition) is 6. The summed E-state index contributed by atoms with van der Waals surface area (Å²) in [5.74, 6) is 0.0135. The van der Waals surface area contributed by atoms with Crippen LogP contribution in [0.15, 0.2) is 6.07 Å². The van der Waals surface area contributed by atoms with Crippen LogP contribution < -0.4 is 10.6 Å². The number of thiazole rings is 1. The van der Waals surface area contributed by atoms with E-state index in [1.807, 2.05) is 32.0 Å². The maximum Gasteiger partial charge on any atom is 0.264 e. The number of anilines is 1. The van der Waals surface area contributed by atoms with Crippen LogP contribution in [0.5, 0.6) is 0 Å². The van der Waals surface area contributed by atoms with Gasteiger partial charge in [-0.05, 0) is 13.0 Å². The molecule has 0 aromatic carbocycles. The third-order valence-corrected chi connectivity index (χ3v) is 5.31. The monoisotopic (exact) mass is 370 g/mol. The smallest absolute Gasteiger partial charge is 0.264 e. The number of fused-ring (bicyclic) bond motifs is 1. The SMILES string of the molecule is CC(CN)N(C)C(=O)c1cc2sc(N(C)C)nc2s1.Cl.Cl. The molecule has 0 bridgehead atoms. The predicted octanol–water partition coefficient (Wildman–Crippen LogP) is 2.69. The van der Waals surface area contributed by atoms with Crippen molar-refractivity contribution in [2.24, 2.45) is 5.73 Å². The van der Waals surface area contributed by atoms with Crippen molar-refractivity contribution in [3.05, 3.63) is 10.9 Å². The lowest BCUT2D eigenvalue weighted by molar-refractivity contribution is 0.0753. The minimum absolute atomic E-state index is 0. The molecule has 1 atom stereocenters. The highest BCUT2D eigenvalue weighted by Crippen LogP contribution is 2.34. The number of rotatable bonds is 4. The average molecular weight is 371 g/mol. The van der Waals surface area contributed by atoms with Crippen LogP contribution >= 0.6 is 47.5 Å². The quantitative estimate of drug-likeness (QED) is 0.898. The van der Waals surface area contributed by atoms with Gasteiger partial charge in [0.05, 0.1) is 9.58 Å². The zero-order chi connectivity index (χ0) is 14.2. The van der Waals surface area contributed by atoms with Crippen LogP contribution in [0.2, 0.25) is 0 Å². The number of thiophene rings is 1. The molecule has 0 radical (unpaired) electrons. The summed E-state index contributed by atoms with van der Waals surface area (Å²) >= 11 is 3.04. The summed E-state index contributed by atoms with van der Waals surface area (Å²) in [6, 6.07) is 1.96. The van der Waals surface area contributed by atoms with Crippen LogP contribution in [0.4, 0.5) is 5.13 Å². The number of halogens is 2. The van der Waals surface area contributed by atoms with Gasteiger partial charge in [-0.15, -0.1) is 36.2 Å². The van der Waals surface area contributed by atoms with Gasteiger partial charge in [-0.3, -0.25) is 4.79 Å². The first-order valence-corrected chi connectivity index (χ1v) is 7.62. The molecule has 5 nitrogen and oxygen atoms in total. The van der Waals surface area contributed by atoms with Crippen molar-refractivity contribution in [2.75, 3.05) is 32.6 Å². The number of likely N-dealkylation sites (N-methyl/N-ethyl adjacent to an activating group) is 1. The average Bonchev–Trinajstić information content (AvgIpc) is 2.93. The Labute approximate surface area is 144 Å². The normalized spacial score (nSPS) is 11.5. The van der Waals surface area contributed by atoms with E-state index in [4.69, 9.17) is 5.73 Å². The number of aromatic nitrogens is 1. The molecule has 0 fully saturated rings.